The van der Waals surface area contributed by atoms with E-state index in [4.69, 9.17) is 10.2 Å². The van der Waals surface area contributed by atoms with Crippen LogP contribution in [0.1, 0.15) is 0 Å². The highest BCUT2D eigenvalue weighted by Gasteiger charge is 2.21. The average Bonchev–Trinajstić information content (AvgIpc) is 3.63. The first-order valence-electron chi connectivity index (χ1n) is 11.6. The van der Waals surface area contributed by atoms with Crippen LogP contribution < -0.4 is 15.5 Å². The number of hydrogen-bond acceptors (Lipinski definition) is 9. The lowest BCUT2D eigenvalue weighted by Gasteiger charge is -2.36. The van der Waals surface area contributed by atoms with Crippen molar-refractivity contribution < 1.29 is 8.63 Å². The predicted octanol–water partition coefficient (Wildman–Crippen LogP) is 2.51. The molecule has 1 aromatic carbocycles. The van der Waals surface area contributed by atoms with Crippen LogP contribution in [-0.4, -0.2) is 67.3 Å². The van der Waals surface area contributed by atoms with Crippen molar-refractivity contribution in [2.24, 2.45) is 0 Å². The fourth-order valence-corrected chi connectivity index (χ4v) is 6.09. The van der Waals surface area contributed by atoms with Gasteiger partial charge in [-0.2, -0.15) is 14.6 Å². The van der Waals surface area contributed by atoms with Gasteiger partial charge in [0.2, 0.25) is 5.95 Å². The van der Waals surface area contributed by atoms with Gasteiger partial charge in [-0.1, -0.05) is 11.3 Å². The van der Waals surface area contributed by atoms with E-state index in [0.29, 0.717) is 23.6 Å². The van der Waals surface area contributed by atoms with Crippen molar-refractivity contribution in [3.63, 3.8) is 0 Å². The molecular weight excluding hydrogens is 498 g/mol. The van der Waals surface area contributed by atoms with Crippen LogP contribution in [0.4, 0.5) is 11.6 Å². The summed E-state index contributed by atoms with van der Waals surface area (Å²) in [6.45, 7) is 4.87. The van der Waals surface area contributed by atoms with Crippen LogP contribution in [0.3, 0.4) is 0 Å². The van der Waals surface area contributed by atoms with Crippen LogP contribution in [0, 0.1) is 0 Å². The lowest BCUT2D eigenvalue weighted by Crippen LogP contribution is -2.47. The number of rotatable bonds is 6. The van der Waals surface area contributed by atoms with Crippen LogP contribution in [0.15, 0.2) is 62.8 Å². The van der Waals surface area contributed by atoms with Gasteiger partial charge in [-0.15, -0.1) is 0 Å². The van der Waals surface area contributed by atoms with Crippen LogP contribution in [0.5, 0.6) is 0 Å². The lowest BCUT2D eigenvalue weighted by molar-refractivity contribution is 0.248. The van der Waals surface area contributed by atoms with E-state index in [1.807, 2.05) is 36.4 Å². The standard InChI is InChI=1S/C24H25N7O3S2/c1-36(33)17-6-4-16(5-7-17)29-11-8-28(9-12-29)10-13-30-22-21(35-24(30)32)19-15-18(20-3-2-14-34-20)27-31(19)23(25)26-22/h2-7,14-15H,8-13H2,1H3,(H2,25,26). The van der Waals surface area contributed by atoms with E-state index >= 15 is 0 Å². The molecule has 5 aromatic rings. The Morgan fingerprint density at radius 3 is 2.58 bits per heavy atom. The van der Waals surface area contributed by atoms with E-state index in [2.05, 4.69) is 19.9 Å². The van der Waals surface area contributed by atoms with Crippen LogP contribution in [-0.2, 0) is 17.3 Å². The fraction of sp³-hybridized carbons (Fsp3) is 0.292. The molecule has 12 heteroatoms. The second-order valence-electron chi connectivity index (χ2n) is 8.72. The normalized spacial score (nSPS) is 15.8. The second kappa shape index (κ2) is 9.19. The molecule has 0 spiro atoms. The molecule has 0 aliphatic carbocycles. The number of nitrogen functional groups attached to an aromatic ring is 1. The molecule has 10 nitrogen and oxygen atoms in total. The maximum absolute atomic E-state index is 12.9. The second-order valence-corrected chi connectivity index (χ2v) is 11.1. The monoisotopic (exact) mass is 523 g/mol. The lowest BCUT2D eigenvalue weighted by atomic mass is 10.2. The molecule has 1 fully saturated rings. The number of nitrogens with zero attached hydrogens (tertiary/aromatic N) is 6. The minimum Gasteiger partial charge on any atom is -0.463 e. The van der Waals surface area contributed by atoms with Crippen LogP contribution in [0.2, 0.25) is 0 Å². The van der Waals surface area contributed by atoms with E-state index in [-0.39, 0.29) is 10.8 Å². The van der Waals surface area contributed by atoms with Gasteiger partial charge < -0.3 is 15.1 Å². The zero-order chi connectivity index (χ0) is 24.8. The van der Waals surface area contributed by atoms with Crippen molar-refractivity contribution >= 4 is 49.6 Å². The first-order chi connectivity index (χ1) is 17.5. The van der Waals surface area contributed by atoms with Gasteiger partial charge in [-0.05, 0) is 42.5 Å². The summed E-state index contributed by atoms with van der Waals surface area (Å²) in [6.07, 6.45) is 3.28. The third-order valence-corrected chi connectivity index (χ3v) is 8.49. The fourth-order valence-electron chi connectivity index (χ4n) is 4.61. The summed E-state index contributed by atoms with van der Waals surface area (Å²) in [7, 11) is -0.969. The number of aromatic nitrogens is 4. The molecule has 2 N–H and O–H groups in total. The Balaban J connectivity index is 1.17. The van der Waals surface area contributed by atoms with Crippen molar-refractivity contribution in [1.29, 1.82) is 0 Å². The highest BCUT2D eigenvalue weighted by atomic mass is 32.2. The maximum Gasteiger partial charge on any atom is 0.309 e. The summed E-state index contributed by atoms with van der Waals surface area (Å²) in [5.74, 6) is 0.863. The van der Waals surface area contributed by atoms with Gasteiger partial charge in [0.05, 0.1) is 11.8 Å². The van der Waals surface area contributed by atoms with Gasteiger partial charge in [0.15, 0.2) is 11.4 Å². The number of benzene rings is 1. The molecule has 4 aromatic heterocycles. The van der Waals surface area contributed by atoms with E-state index in [1.54, 1.807) is 27.7 Å². The highest BCUT2D eigenvalue weighted by molar-refractivity contribution is 7.84. The first kappa shape index (κ1) is 23.0. The predicted molar refractivity (Wildman–Crippen MR) is 142 cm³/mol. The number of anilines is 2. The number of thiazole rings is 1. The van der Waals surface area contributed by atoms with E-state index in [0.717, 1.165) is 64.9 Å². The van der Waals surface area contributed by atoms with Gasteiger partial charge in [0.1, 0.15) is 10.4 Å². The molecule has 0 bridgehead atoms. The molecule has 1 aliphatic heterocycles. The van der Waals surface area contributed by atoms with Crippen molar-refractivity contribution in [3.05, 3.63) is 58.4 Å². The average molecular weight is 524 g/mol. The topological polar surface area (TPSA) is 115 Å². The van der Waals surface area contributed by atoms with E-state index in [1.165, 1.54) is 0 Å². The number of piperazine rings is 1. The zero-order valence-corrected chi connectivity index (χ0v) is 21.3. The van der Waals surface area contributed by atoms with Gasteiger partial charge in [-0.3, -0.25) is 18.5 Å². The summed E-state index contributed by atoms with van der Waals surface area (Å²) in [5.41, 5.74) is 9.34. The Morgan fingerprint density at radius 1 is 1.11 bits per heavy atom. The van der Waals surface area contributed by atoms with Gasteiger partial charge >= 0.3 is 4.87 Å². The molecular formula is C24H25N7O3S2. The first-order valence-corrected chi connectivity index (χ1v) is 14.0. The molecule has 0 saturated carbocycles. The summed E-state index contributed by atoms with van der Waals surface area (Å²) < 4.78 is 21.1. The van der Waals surface area contributed by atoms with Gasteiger partial charge in [-0.25, -0.2) is 0 Å². The molecule has 1 atom stereocenters. The van der Waals surface area contributed by atoms with Crippen LogP contribution >= 0.6 is 11.3 Å². The molecule has 6 rings (SSSR count). The molecule has 36 heavy (non-hydrogen) atoms. The molecule has 0 amide bonds. The Kier molecular flexibility index (Phi) is 5.86. The summed E-state index contributed by atoms with van der Waals surface area (Å²) in [6, 6.07) is 13.4. The Hall–Kier alpha value is -3.48. The van der Waals surface area contributed by atoms with Crippen LogP contribution in [0.25, 0.3) is 27.3 Å². The van der Waals surface area contributed by atoms with E-state index < -0.39 is 10.8 Å². The Labute approximate surface area is 213 Å². The van der Waals surface area contributed by atoms with E-state index in [9.17, 15) is 9.00 Å². The number of hydrogen-bond donors (Lipinski definition) is 1. The molecule has 5 heterocycles. The number of nitrogens with two attached hydrogens (primary N) is 1. The third-order valence-electron chi connectivity index (χ3n) is 6.57. The van der Waals surface area contributed by atoms with Crippen molar-refractivity contribution in [2.45, 2.75) is 11.4 Å². The largest absolute Gasteiger partial charge is 0.463 e. The zero-order valence-electron chi connectivity index (χ0n) is 19.7. The minimum atomic E-state index is -0.969. The Bertz CT molecular complexity index is 1610. The molecule has 1 unspecified atom stereocenters. The molecule has 1 saturated heterocycles. The highest BCUT2D eigenvalue weighted by Crippen LogP contribution is 2.28. The summed E-state index contributed by atoms with van der Waals surface area (Å²) in [4.78, 5) is 22.9. The van der Waals surface area contributed by atoms with Crippen molar-refractivity contribution in [3.8, 4) is 11.5 Å². The SMILES string of the molecule is CS(=O)c1ccc(N2CCN(CCn3c(=O)sc4c3nc(N)n3nc(-c5ccco5)cc43)CC2)cc1. The molecule has 186 valence electrons. The summed E-state index contributed by atoms with van der Waals surface area (Å²) in [5, 5.41) is 4.51. The minimum absolute atomic E-state index is 0.0576. The van der Waals surface area contributed by atoms with Crippen molar-refractivity contribution in [2.75, 3.05) is 49.6 Å². The maximum atomic E-state index is 12.9. The van der Waals surface area contributed by atoms with Gasteiger partial charge in [0, 0.05) is 66.9 Å². The number of fused-ring (bicyclic) bond motifs is 3. The third kappa shape index (κ3) is 4.10. The molecule has 1 aliphatic rings. The van der Waals surface area contributed by atoms with Crippen molar-refractivity contribution in [1.82, 2.24) is 24.1 Å². The van der Waals surface area contributed by atoms with Gasteiger partial charge in [0.25, 0.3) is 0 Å². The smallest absolute Gasteiger partial charge is 0.309 e. The summed E-state index contributed by atoms with van der Waals surface area (Å²) >= 11 is 1.16. The quantitative estimate of drug-likeness (QED) is 0.361. The number of furan rings is 1. The molecule has 0 radical (unpaired) electrons. The Morgan fingerprint density at radius 2 is 1.89 bits per heavy atom.